The van der Waals surface area contributed by atoms with Gasteiger partial charge in [-0.25, -0.2) is 57.5 Å². The highest BCUT2D eigenvalue weighted by atomic mass is 16.8. The number of aliphatic hydroxyl groups is 1. The van der Waals surface area contributed by atoms with Gasteiger partial charge in [-0.1, -0.05) is 218 Å². The Hall–Kier alpha value is -16.1. The number of benzene rings is 12. The van der Waals surface area contributed by atoms with Crippen molar-refractivity contribution < 1.29 is 157 Å². The number of carbonyl (C=O) groups is 12. The van der Waals surface area contributed by atoms with E-state index in [1.165, 1.54) is 255 Å². The molecular formula is C110H95NO33. The Kier molecular flexibility index (Phi) is 34.5. The van der Waals surface area contributed by atoms with E-state index in [1.54, 1.807) is 109 Å². The molecule has 0 saturated carbocycles. The van der Waals surface area contributed by atoms with Crippen LogP contribution in [0.5, 0.6) is 0 Å². The van der Waals surface area contributed by atoms with Gasteiger partial charge in [0, 0.05) is 6.54 Å². The van der Waals surface area contributed by atoms with Crippen LogP contribution in [0.1, 0.15) is 124 Å². The molecule has 4 aliphatic heterocycles. The molecule has 0 amide bonds. The zero-order valence-corrected chi connectivity index (χ0v) is 76.5. The third-order valence-electron chi connectivity index (χ3n) is 23.3. The molecule has 0 aromatic heterocycles. The summed E-state index contributed by atoms with van der Waals surface area (Å²) in [6.45, 7) is -4.77. The molecule has 0 bridgehead atoms. The van der Waals surface area contributed by atoms with Gasteiger partial charge >= 0.3 is 71.6 Å². The second kappa shape index (κ2) is 49.3. The van der Waals surface area contributed by atoms with Gasteiger partial charge in [-0.05, 0) is 146 Å². The molecule has 0 unspecified atom stereocenters. The van der Waals surface area contributed by atoms with Crippen molar-refractivity contribution in [2.45, 2.75) is 123 Å². The van der Waals surface area contributed by atoms with E-state index in [2.05, 4.69) is 0 Å². The molecule has 12 aromatic carbocycles. The Morgan fingerprint density at radius 2 is 0.319 bits per heavy atom. The molecule has 4 aliphatic rings. The molecule has 4 fully saturated rings. The van der Waals surface area contributed by atoms with Crippen molar-refractivity contribution in [3.63, 3.8) is 0 Å². The number of rotatable bonds is 37. The van der Waals surface area contributed by atoms with Crippen LogP contribution in [-0.2, 0) is 94.7 Å². The van der Waals surface area contributed by atoms with Crippen molar-refractivity contribution >= 4 is 71.6 Å². The maximum Gasteiger partial charge on any atom is 0.338 e. The third kappa shape index (κ3) is 25.6. The summed E-state index contributed by atoms with van der Waals surface area (Å²) in [6, 6.07) is 89.5. The lowest BCUT2D eigenvalue weighted by atomic mass is 9.96. The summed E-state index contributed by atoms with van der Waals surface area (Å²) < 4.78 is 132. The van der Waals surface area contributed by atoms with Crippen LogP contribution in [0, 0.1) is 0 Å². The Morgan fingerprint density at radius 3 is 0.472 bits per heavy atom. The predicted molar refractivity (Wildman–Crippen MR) is 502 cm³/mol. The fourth-order valence-electron chi connectivity index (χ4n) is 16.2. The van der Waals surface area contributed by atoms with Gasteiger partial charge in [0.25, 0.3) is 0 Å². The second-order valence-electron chi connectivity index (χ2n) is 32.8. The number of hydrogen-bond donors (Lipinski definition) is 2. The summed E-state index contributed by atoms with van der Waals surface area (Å²) in [7, 11) is 0. The average Bonchev–Trinajstić information content (AvgIpc) is 0.747. The summed E-state index contributed by atoms with van der Waals surface area (Å²) >= 11 is 0. The molecule has 0 radical (unpaired) electrons. The Bertz CT molecular complexity index is 6300. The van der Waals surface area contributed by atoms with E-state index in [9.17, 15) is 33.9 Å². The van der Waals surface area contributed by atoms with E-state index in [0.717, 1.165) is 0 Å². The Morgan fingerprint density at radius 1 is 0.188 bits per heavy atom. The van der Waals surface area contributed by atoms with Crippen molar-refractivity contribution in [2.75, 3.05) is 39.6 Å². The number of carbonyl (C=O) groups excluding carboxylic acids is 12. The third-order valence-corrected chi connectivity index (χ3v) is 23.3. The first-order chi connectivity index (χ1) is 70.3. The minimum absolute atomic E-state index is 0.000182. The molecule has 144 heavy (non-hydrogen) atoms. The fourth-order valence-corrected chi connectivity index (χ4v) is 16.2. The lowest BCUT2D eigenvalue weighted by molar-refractivity contribution is -0.344. The number of esters is 12. The van der Waals surface area contributed by atoms with Gasteiger partial charge in [-0.2, -0.15) is 0 Å². The van der Waals surface area contributed by atoms with E-state index in [1.807, 2.05) is 0 Å². The van der Waals surface area contributed by atoms with Crippen molar-refractivity contribution in [2.24, 2.45) is 5.73 Å². The highest BCUT2D eigenvalue weighted by Crippen LogP contribution is 2.40. The maximum atomic E-state index is 15.4. The smallest absolute Gasteiger partial charge is 0.338 e. The number of ether oxygens (including phenoxy) is 20. The normalized spacial score (nSPS) is 23.7. The lowest BCUT2D eigenvalue weighted by Gasteiger charge is -2.47. The molecular weight excluding hydrogens is 1860 g/mol. The van der Waals surface area contributed by atoms with E-state index in [-0.39, 0.29) is 79.9 Å². The van der Waals surface area contributed by atoms with Crippen LogP contribution >= 0.6 is 0 Å². The van der Waals surface area contributed by atoms with Gasteiger partial charge < -0.3 is 106 Å². The molecule has 20 atom stereocenters. The maximum absolute atomic E-state index is 15.4. The molecule has 4 saturated heterocycles. The molecule has 3 N–H and O–H groups in total. The summed E-state index contributed by atoms with van der Waals surface area (Å²) in [5.41, 5.74) is 5.08. The highest BCUT2D eigenvalue weighted by molar-refractivity contribution is 5.96. The summed E-state index contributed by atoms with van der Waals surface area (Å²) in [5.74, 6) is -13.3. The van der Waals surface area contributed by atoms with Gasteiger partial charge in [0.1, 0.15) is 24.4 Å². The quantitative estimate of drug-likeness (QED) is 0.0270. The van der Waals surface area contributed by atoms with Crippen LogP contribution in [0.25, 0.3) is 0 Å². The van der Waals surface area contributed by atoms with Gasteiger partial charge in [0.05, 0.1) is 99.8 Å². The van der Waals surface area contributed by atoms with E-state index < -0.39 is 221 Å². The minimum atomic E-state index is -2.31. The summed E-state index contributed by atoms with van der Waals surface area (Å²) in [5, 5.41) is 11.6. The average molecular weight is 1960 g/mol. The number of hydrogen-bond acceptors (Lipinski definition) is 34. The molecule has 34 heteroatoms. The molecule has 738 valence electrons. The van der Waals surface area contributed by atoms with Gasteiger partial charge in [0.15, 0.2) is 98.4 Å². The molecule has 16 rings (SSSR count). The largest absolute Gasteiger partial charge is 0.452 e. The zero-order valence-electron chi connectivity index (χ0n) is 76.5. The molecule has 0 aliphatic carbocycles. The van der Waals surface area contributed by atoms with Crippen LogP contribution in [0.4, 0.5) is 0 Å². The fraction of sp³-hybridized carbons (Fsp3) is 0.236. The van der Waals surface area contributed by atoms with E-state index in [0.29, 0.717) is 0 Å². The van der Waals surface area contributed by atoms with E-state index >= 15 is 28.8 Å². The van der Waals surface area contributed by atoms with Gasteiger partial charge in [-0.3, -0.25) is 0 Å². The molecule has 4 heterocycles. The topological polar surface area (TPSA) is 436 Å². The first kappa shape index (κ1) is 101. The van der Waals surface area contributed by atoms with Gasteiger partial charge in [-0.15, -0.1) is 0 Å². The monoisotopic (exact) mass is 1960 g/mol. The van der Waals surface area contributed by atoms with Crippen molar-refractivity contribution in [1.29, 1.82) is 0 Å². The Labute approximate surface area is 823 Å². The number of aliphatic hydroxyl groups excluding tert-OH is 1. The van der Waals surface area contributed by atoms with Crippen LogP contribution in [0.15, 0.2) is 364 Å². The Balaban J connectivity index is 0.845. The van der Waals surface area contributed by atoms with E-state index in [4.69, 9.17) is 100 Å². The molecule has 12 aromatic rings. The van der Waals surface area contributed by atoms with Crippen molar-refractivity contribution in [3.8, 4) is 0 Å². The van der Waals surface area contributed by atoms with Crippen LogP contribution < -0.4 is 5.73 Å². The first-order valence-corrected chi connectivity index (χ1v) is 45.8. The first-order valence-electron chi connectivity index (χ1n) is 45.8. The predicted octanol–water partition coefficient (Wildman–Crippen LogP) is 12.6. The zero-order chi connectivity index (χ0) is 100. The highest BCUT2D eigenvalue weighted by Gasteiger charge is 2.61. The van der Waals surface area contributed by atoms with Gasteiger partial charge in [0.2, 0.25) is 0 Å². The SMILES string of the molecule is NCCO[C@@H]1O[C@H](CO[C@@H]2O[C@H](CO[C@@H]3O[C@H](CO[C@@H]4O[C@H](CO)[C@@H](OC(=O)c5ccccc5)[C@H](OC(=O)c5ccccc5)[C@H]4OC(=O)c4ccccc4)[C@@H](OC(=O)c4ccccc4)[C@H](OC(=O)c4ccccc4)[C@H]3OC(=O)c3ccccc3)[C@@H](OC(=O)c3ccccc3)[C@H](OC(=O)c3ccccc3)[C@H]2OC(=O)c2ccccc2)[C@@H](OC(=O)c2ccccc2)[C@H](OC(=O)c2ccccc2)[C@H]1OC(=O)c1ccccc1. The lowest BCUT2D eigenvalue weighted by Crippen LogP contribution is -2.66. The summed E-state index contributed by atoms with van der Waals surface area (Å²) in [6.07, 6.45) is -41.1. The van der Waals surface area contributed by atoms with Crippen LogP contribution in [0.3, 0.4) is 0 Å². The standard InChI is InChI=1S/C110H95NO33/c111-61-62-125-107-91(141-103(121)75-53-29-9-30-54-75)88(138-100(118)72-47-23-6-24-48-72)84(134-96(114)68-39-15-2-16-40-68)80(130-107)64-127-109-93(143-105(123)77-57-33-11-34-58-77)90(140-102(120)74-51-27-8-28-52-74)86(136-98(116)70-43-19-4-20-44-70)82(132-109)66-128-110-94(144-106(124)78-59-35-12-36-60-78)89(139-101(119)73-49-25-7-26-50-73)85(135-97(115)69-41-17-3-18-42-69)81(131-110)65-126-108-92(142-104(122)76-55-31-10-32-56-76)87(137-99(117)71-45-21-5-22-46-71)83(79(63-112)129-108)133-95(113)67-37-13-1-14-38-67/h1-60,79-94,107-110,112H,61-66,111H2/t79-,80-,81-,82-,83-,84-,85-,86-,87+,88+,89+,90+,91-,92-,93-,94-,107-,108-,109-,110-/m1/s1. The molecule has 0 spiro atoms. The second-order valence-corrected chi connectivity index (χ2v) is 32.8. The van der Waals surface area contributed by atoms with Crippen molar-refractivity contribution in [1.82, 2.24) is 0 Å². The number of nitrogens with two attached hydrogens (primary N) is 1. The summed E-state index contributed by atoms with van der Waals surface area (Å²) in [4.78, 5) is 181. The van der Waals surface area contributed by atoms with Crippen LogP contribution in [0.2, 0.25) is 0 Å². The minimum Gasteiger partial charge on any atom is -0.452 e. The molecule has 34 nitrogen and oxygen atoms in total. The van der Waals surface area contributed by atoms with Crippen molar-refractivity contribution in [3.05, 3.63) is 431 Å². The van der Waals surface area contributed by atoms with Crippen LogP contribution in [-0.4, -0.2) is 239 Å².